The fourth-order valence-corrected chi connectivity index (χ4v) is 2.30. The van der Waals surface area contributed by atoms with Crippen molar-refractivity contribution in [3.8, 4) is 11.4 Å². The largest absolute Gasteiger partial charge is 0.314 e. The summed E-state index contributed by atoms with van der Waals surface area (Å²) in [6, 6.07) is 0. The number of hydrogen-bond acceptors (Lipinski definition) is 3. The Balaban J connectivity index is 2.33. The van der Waals surface area contributed by atoms with Crippen LogP contribution >= 0.6 is 0 Å². The number of allylic oxidation sites excluding steroid dienone is 1. The van der Waals surface area contributed by atoms with Gasteiger partial charge in [0.2, 0.25) is 0 Å². The summed E-state index contributed by atoms with van der Waals surface area (Å²) in [6.45, 7) is 7.80. The van der Waals surface area contributed by atoms with Crippen LogP contribution in [0.4, 0.5) is 0 Å². The molecule has 0 aliphatic rings. The second-order valence-electron chi connectivity index (χ2n) is 4.85. The zero-order valence-electron chi connectivity index (χ0n) is 12.1. The number of aryl methyl sites for hydroxylation is 3. The van der Waals surface area contributed by atoms with E-state index in [1.165, 1.54) is 0 Å². The summed E-state index contributed by atoms with van der Waals surface area (Å²) < 4.78 is 3.96. The summed E-state index contributed by atoms with van der Waals surface area (Å²) in [7, 11) is 3.97. The predicted octanol–water partition coefficient (Wildman–Crippen LogP) is 2.34. The van der Waals surface area contributed by atoms with Gasteiger partial charge in [0, 0.05) is 26.2 Å². The molecule has 0 N–H and O–H groups in total. The van der Waals surface area contributed by atoms with Gasteiger partial charge in [0.25, 0.3) is 0 Å². The van der Waals surface area contributed by atoms with Crippen LogP contribution < -0.4 is 0 Å². The highest BCUT2D eigenvalue weighted by atomic mass is 15.3. The molecule has 0 aliphatic heterocycles. The molecule has 0 amide bonds. The minimum Gasteiger partial charge on any atom is -0.314 e. The minimum absolute atomic E-state index is 0.900. The molecule has 2 heterocycles. The molecule has 0 saturated heterocycles. The first-order valence-electron chi connectivity index (χ1n) is 6.56. The van der Waals surface area contributed by atoms with E-state index in [-0.39, 0.29) is 0 Å². The molecule has 19 heavy (non-hydrogen) atoms. The smallest absolute Gasteiger partial charge is 0.167 e. The Morgan fingerprint density at radius 1 is 1.21 bits per heavy atom. The Labute approximate surface area is 114 Å². The fraction of sp³-hybridized carbons (Fsp3) is 0.500. The fourth-order valence-electron chi connectivity index (χ4n) is 2.30. The van der Waals surface area contributed by atoms with Gasteiger partial charge >= 0.3 is 0 Å². The van der Waals surface area contributed by atoms with Gasteiger partial charge < -0.3 is 4.57 Å². The number of hydrogen-bond donors (Lipinski definition) is 0. The third-order valence-electron chi connectivity index (χ3n) is 3.51. The Bertz CT molecular complexity index is 591. The Kier molecular flexibility index (Phi) is 3.83. The van der Waals surface area contributed by atoms with Crippen LogP contribution in [0.15, 0.2) is 12.7 Å². The van der Waals surface area contributed by atoms with Gasteiger partial charge in [0.1, 0.15) is 5.82 Å². The second-order valence-corrected chi connectivity index (χ2v) is 4.85. The van der Waals surface area contributed by atoms with Gasteiger partial charge in [0.05, 0.1) is 11.3 Å². The van der Waals surface area contributed by atoms with Gasteiger partial charge in [-0.05, 0) is 26.7 Å². The maximum atomic E-state index is 4.44. The maximum absolute atomic E-state index is 4.44. The molecule has 5 nitrogen and oxygen atoms in total. The quantitative estimate of drug-likeness (QED) is 0.611. The van der Waals surface area contributed by atoms with Crippen molar-refractivity contribution in [2.75, 3.05) is 0 Å². The maximum Gasteiger partial charge on any atom is 0.167 e. The van der Waals surface area contributed by atoms with Crippen molar-refractivity contribution in [3.05, 3.63) is 29.9 Å². The first kappa shape index (κ1) is 13.5. The first-order valence-corrected chi connectivity index (χ1v) is 6.56. The van der Waals surface area contributed by atoms with Crippen molar-refractivity contribution in [1.29, 1.82) is 0 Å². The molecule has 0 fully saturated rings. The lowest BCUT2D eigenvalue weighted by Gasteiger charge is -2.04. The van der Waals surface area contributed by atoms with E-state index in [1.807, 2.05) is 31.8 Å². The van der Waals surface area contributed by atoms with Crippen LogP contribution in [0.2, 0.25) is 0 Å². The SMILES string of the molecule is C=CCCCc1nnc(-c2c(C)nn(C)c2C)n1C. The first-order chi connectivity index (χ1) is 9.06. The molecule has 2 rings (SSSR count). The van der Waals surface area contributed by atoms with E-state index in [1.54, 1.807) is 0 Å². The van der Waals surface area contributed by atoms with E-state index < -0.39 is 0 Å². The lowest BCUT2D eigenvalue weighted by molar-refractivity contribution is 0.729. The molecule has 0 atom stereocenters. The van der Waals surface area contributed by atoms with Gasteiger partial charge in [0.15, 0.2) is 5.82 Å². The molecule has 0 bridgehead atoms. The summed E-state index contributed by atoms with van der Waals surface area (Å²) >= 11 is 0. The van der Waals surface area contributed by atoms with Gasteiger partial charge in [-0.15, -0.1) is 16.8 Å². The molecular weight excluding hydrogens is 238 g/mol. The van der Waals surface area contributed by atoms with Crippen LogP contribution in [0, 0.1) is 13.8 Å². The molecule has 0 unspecified atom stereocenters. The summed E-state index contributed by atoms with van der Waals surface area (Å²) in [5.41, 5.74) is 3.20. The van der Waals surface area contributed by atoms with E-state index in [4.69, 9.17) is 0 Å². The van der Waals surface area contributed by atoms with Crippen molar-refractivity contribution in [2.45, 2.75) is 33.1 Å². The molecule has 0 radical (unpaired) electrons. The van der Waals surface area contributed by atoms with Crippen LogP contribution in [0.1, 0.15) is 30.1 Å². The molecule has 0 saturated carbocycles. The Morgan fingerprint density at radius 2 is 1.95 bits per heavy atom. The average molecular weight is 259 g/mol. The van der Waals surface area contributed by atoms with Crippen LogP contribution in [0.25, 0.3) is 11.4 Å². The van der Waals surface area contributed by atoms with Crippen molar-refractivity contribution in [2.24, 2.45) is 14.1 Å². The summed E-state index contributed by atoms with van der Waals surface area (Å²) in [5.74, 6) is 1.91. The van der Waals surface area contributed by atoms with Crippen LogP contribution in [0.5, 0.6) is 0 Å². The van der Waals surface area contributed by atoms with E-state index in [0.717, 1.165) is 47.9 Å². The van der Waals surface area contributed by atoms with Crippen LogP contribution in [-0.4, -0.2) is 24.5 Å². The standard InChI is InChI=1S/C14H21N5/c1-6-7-8-9-12-15-16-14(18(12)4)13-10(2)17-19(5)11(13)3/h6H,1,7-9H2,2-5H3. The highest BCUT2D eigenvalue weighted by molar-refractivity contribution is 5.61. The van der Waals surface area contributed by atoms with Crippen molar-refractivity contribution < 1.29 is 0 Å². The molecular formula is C14H21N5. The number of unbranched alkanes of at least 4 members (excludes halogenated alkanes) is 1. The summed E-state index contributed by atoms with van der Waals surface area (Å²) in [4.78, 5) is 0. The number of nitrogens with zero attached hydrogens (tertiary/aromatic N) is 5. The third kappa shape index (κ3) is 2.45. The monoisotopic (exact) mass is 259 g/mol. The van der Waals surface area contributed by atoms with Crippen LogP contribution in [0.3, 0.4) is 0 Å². The van der Waals surface area contributed by atoms with E-state index >= 15 is 0 Å². The van der Waals surface area contributed by atoms with E-state index in [9.17, 15) is 0 Å². The lowest BCUT2D eigenvalue weighted by Crippen LogP contribution is -2.01. The van der Waals surface area contributed by atoms with Gasteiger partial charge in [-0.2, -0.15) is 5.10 Å². The molecule has 2 aromatic heterocycles. The van der Waals surface area contributed by atoms with Gasteiger partial charge in [-0.25, -0.2) is 0 Å². The highest BCUT2D eigenvalue weighted by Gasteiger charge is 2.18. The Morgan fingerprint density at radius 3 is 2.53 bits per heavy atom. The number of aromatic nitrogens is 5. The molecule has 5 heteroatoms. The highest BCUT2D eigenvalue weighted by Crippen LogP contribution is 2.25. The molecule has 2 aromatic rings. The number of rotatable bonds is 5. The average Bonchev–Trinajstić information content (AvgIpc) is 2.83. The Hall–Kier alpha value is -1.91. The van der Waals surface area contributed by atoms with Gasteiger partial charge in [-0.3, -0.25) is 4.68 Å². The van der Waals surface area contributed by atoms with Crippen molar-refractivity contribution >= 4 is 0 Å². The topological polar surface area (TPSA) is 48.5 Å². The predicted molar refractivity (Wildman–Crippen MR) is 75.8 cm³/mol. The summed E-state index contributed by atoms with van der Waals surface area (Å²) in [6.07, 6.45) is 4.92. The lowest BCUT2D eigenvalue weighted by atomic mass is 10.2. The molecule has 102 valence electrons. The molecule has 0 spiro atoms. The van der Waals surface area contributed by atoms with Crippen molar-refractivity contribution in [1.82, 2.24) is 24.5 Å². The van der Waals surface area contributed by atoms with E-state index in [2.05, 4.69) is 33.4 Å². The third-order valence-corrected chi connectivity index (χ3v) is 3.51. The van der Waals surface area contributed by atoms with Gasteiger partial charge in [-0.1, -0.05) is 6.08 Å². The molecule has 0 aliphatic carbocycles. The van der Waals surface area contributed by atoms with Crippen LogP contribution in [-0.2, 0) is 20.5 Å². The zero-order chi connectivity index (χ0) is 14.0. The zero-order valence-corrected chi connectivity index (χ0v) is 12.1. The normalized spacial score (nSPS) is 10.9. The van der Waals surface area contributed by atoms with Crippen molar-refractivity contribution in [3.63, 3.8) is 0 Å². The minimum atomic E-state index is 0.900. The second kappa shape index (κ2) is 5.38. The summed E-state index contributed by atoms with van der Waals surface area (Å²) in [5, 5.41) is 13.1. The van der Waals surface area contributed by atoms with E-state index in [0.29, 0.717) is 0 Å². The molecule has 0 aromatic carbocycles.